The van der Waals surface area contributed by atoms with Gasteiger partial charge in [-0.25, -0.2) is 9.97 Å². The summed E-state index contributed by atoms with van der Waals surface area (Å²) >= 11 is 5.80. The Kier molecular flexibility index (Phi) is 4.31. The summed E-state index contributed by atoms with van der Waals surface area (Å²) in [6.45, 7) is 1.04. The Morgan fingerprint density at radius 2 is 1.72 bits per heavy atom. The second-order valence-electron chi connectivity index (χ2n) is 5.45. The number of amides is 2. The molecule has 0 radical (unpaired) electrons. The molecule has 25 heavy (non-hydrogen) atoms. The zero-order valence-electron chi connectivity index (χ0n) is 12.9. The largest absolute Gasteiger partial charge is 0.285 e. The van der Waals surface area contributed by atoms with Crippen molar-refractivity contribution in [3.8, 4) is 0 Å². The summed E-state index contributed by atoms with van der Waals surface area (Å²) in [6.07, 6.45) is 0. The van der Waals surface area contributed by atoms with Crippen LogP contribution in [-0.4, -0.2) is 39.7 Å². The van der Waals surface area contributed by atoms with Crippen molar-refractivity contribution in [1.82, 2.24) is 14.9 Å². The molecule has 2 aromatic rings. The van der Waals surface area contributed by atoms with Crippen LogP contribution in [-0.2, 0) is 16.7 Å². The highest BCUT2D eigenvalue weighted by atomic mass is 35.5. The van der Waals surface area contributed by atoms with Gasteiger partial charge in [0.25, 0.3) is 21.9 Å². The summed E-state index contributed by atoms with van der Waals surface area (Å²) in [4.78, 5) is 33.4. The van der Waals surface area contributed by atoms with Gasteiger partial charge in [-0.2, -0.15) is 8.42 Å². The number of aromatic nitrogens is 2. The zero-order chi connectivity index (χ0) is 18.4. The summed E-state index contributed by atoms with van der Waals surface area (Å²) in [5.41, 5.74) is 0.729. The number of carbonyl (C=O) groups is 2. The lowest BCUT2D eigenvalue weighted by Gasteiger charge is -2.15. The van der Waals surface area contributed by atoms with E-state index in [0.717, 1.165) is 4.90 Å². The number of imide groups is 1. The molecule has 3 rings (SSSR count). The van der Waals surface area contributed by atoms with E-state index in [1.165, 1.54) is 13.0 Å². The molecular formula is C15H12ClN3O5S. The van der Waals surface area contributed by atoms with E-state index in [9.17, 15) is 18.0 Å². The van der Waals surface area contributed by atoms with Crippen molar-refractivity contribution >= 4 is 33.5 Å². The number of benzene rings is 1. The lowest BCUT2D eigenvalue weighted by molar-refractivity contribution is 0.0640. The van der Waals surface area contributed by atoms with Crippen LogP contribution in [0.2, 0.25) is 5.28 Å². The van der Waals surface area contributed by atoms with Gasteiger partial charge in [0.1, 0.15) is 5.25 Å². The highest BCUT2D eigenvalue weighted by molar-refractivity contribution is 7.86. The Hall–Kier alpha value is -2.36. The number of hydrogen-bond donors (Lipinski definition) is 1. The van der Waals surface area contributed by atoms with E-state index in [2.05, 4.69) is 9.97 Å². The highest BCUT2D eigenvalue weighted by Crippen LogP contribution is 2.25. The Morgan fingerprint density at radius 1 is 1.16 bits per heavy atom. The zero-order valence-corrected chi connectivity index (χ0v) is 14.5. The fraction of sp³-hybridized carbons (Fsp3) is 0.200. The molecule has 1 aromatic heterocycles. The Balaban J connectivity index is 1.94. The molecule has 0 aliphatic carbocycles. The number of hydrogen-bond acceptors (Lipinski definition) is 6. The number of nitrogens with zero attached hydrogens (tertiary/aromatic N) is 3. The molecule has 0 fully saturated rings. The van der Waals surface area contributed by atoms with Crippen molar-refractivity contribution in [1.29, 1.82) is 0 Å². The van der Waals surface area contributed by atoms with Crippen LogP contribution in [0.1, 0.15) is 44.3 Å². The third-order valence-corrected chi connectivity index (χ3v) is 5.14. The van der Waals surface area contributed by atoms with Crippen molar-refractivity contribution in [3.05, 3.63) is 58.1 Å². The molecule has 1 aromatic carbocycles. The maximum absolute atomic E-state index is 12.4. The summed E-state index contributed by atoms with van der Waals surface area (Å²) in [5, 5.41) is -1.58. The molecule has 0 saturated carbocycles. The van der Waals surface area contributed by atoms with Crippen molar-refractivity contribution < 1.29 is 22.6 Å². The van der Waals surface area contributed by atoms with Gasteiger partial charge in [0.05, 0.1) is 29.1 Å². The fourth-order valence-corrected chi connectivity index (χ4v) is 3.10. The van der Waals surface area contributed by atoms with Gasteiger partial charge in [-0.1, -0.05) is 12.1 Å². The maximum atomic E-state index is 12.4. The van der Waals surface area contributed by atoms with Gasteiger partial charge in [-0.05, 0) is 36.7 Å². The molecule has 0 spiro atoms. The van der Waals surface area contributed by atoms with E-state index in [1.54, 1.807) is 24.3 Å². The molecule has 1 N–H and O–H groups in total. The van der Waals surface area contributed by atoms with E-state index in [-0.39, 0.29) is 23.2 Å². The highest BCUT2D eigenvalue weighted by Gasteiger charge is 2.35. The van der Waals surface area contributed by atoms with Crippen LogP contribution in [0.15, 0.2) is 30.3 Å². The summed E-state index contributed by atoms with van der Waals surface area (Å²) in [5.74, 6) is -0.945. The first-order valence-electron chi connectivity index (χ1n) is 7.13. The van der Waals surface area contributed by atoms with Crippen molar-refractivity contribution in [2.75, 3.05) is 0 Å². The minimum Gasteiger partial charge on any atom is -0.285 e. The summed E-state index contributed by atoms with van der Waals surface area (Å²) in [7, 11) is -4.38. The molecule has 0 saturated heterocycles. The van der Waals surface area contributed by atoms with Gasteiger partial charge in [0.2, 0.25) is 5.28 Å². The van der Waals surface area contributed by atoms with Crippen LogP contribution in [0.4, 0.5) is 0 Å². The van der Waals surface area contributed by atoms with Crippen molar-refractivity contribution in [2.45, 2.75) is 18.7 Å². The molecule has 1 unspecified atom stereocenters. The van der Waals surface area contributed by atoms with Crippen LogP contribution < -0.4 is 0 Å². The second kappa shape index (κ2) is 6.17. The second-order valence-corrected chi connectivity index (χ2v) is 7.53. The van der Waals surface area contributed by atoms with Crippen molar-refractivity contribution in [2.24, 2.45) is 0 Å². The smallest absolute Gasteiger partial charge is 0.273 e. The van der Waals surface area contributed by atoms with Crippen LogP contribution in [0.25, 0.3) is 0 Å². The average molecular weight is 382 g/mol. The Bertz CT molecular complexity index is 957. The molecule has 2 heterocycles. The van der Waals surface area contributed by atoms with Crippen LogP contribution in [0, 0.1) is 0 Å². The molecule has 0 bridgehead atoms. The van der Waals surface area contributed by atoms with E-state index >= 15 is 0 Å². The number of halogens is 1. The van der Waals surface area contributed by atoms with E-state index in [1.807, 2.05) is 0 Å². The van der Waals surface area contributed by atoms with Gasteiger partial charge in [0.15, 0.2) is 0 Å². The third-order valence-electron chi connectivity index (χ3n) is 3.83. The SMILES string of the molecule is CC(c1cc(CN2C(=O)c3ccccc3C2=O)nc(Cl)n1)S(=O)(=O)O. The quantitative estimate of drug-likeness (QED) is 0.488. The number of fused-ring (bicyclic) bond motifs is 1. The van der Waals surface area contributed by atoms with Gasteiger partial charge >= 0.3 is 0 Å². The fourth-order valence-electron chi connectivity index (χ4n) is 2.47. The monoisotopic (exact) mass is 381 g/mol. The minimum absolute atomic E-state index is 0.0332. The maximum Gasteiger partial charge on any atom is 0.273 e. The first-order chi connectivity index (χ1) is 11.7. The average Bonchev–Trinajstić information content (AvgIpc) is 2.78. The Labute approximate surface area is 148 Å². The molecule has 2 amide bonds. The molecular weight excluding hydrogens is 370 g/mol. The van der Waals surface area contributed by atoms with Crippen molar-refractivity contribution in [3.63, 3.8) is 0 Å². The van der Waals surface area contributed by atoms with Crippen LogP contribution in [0.3, 0.4) is 0 Å². The molecule has 130 valence electrons. The van der Waals surface area contributed by atoms with Gasteiger partial charge in [0, 0.05) is 0 Å². The van der Waals surface area contributed by atoms with Crippen LogP contribution >= 0.6 is 11.6 Å². The van der Waals surface area contributed by atoms with Gasteiger partial charge < -0.3 is 0 Å². The molecule has 10 heteroatoms. The standard InChI is InChI=1S/C15H12ClN3O5S/c1-8(25(22,23)24)12-6-9(17-15(16)18-12)7-19-13(20)10-4-2-3-5-11(10)14(19)21/h2-6,8H,7H2,1H3,(H,22,23,24). The first-order valence-corrected chi connectivity index (χ1v) is 9.01. The Morgan fingerprint density at radius 3 is 2.24 bits per heavy atom. The predicted octanol–water partition coefficient (Wildman–Crippen LogP) is 1.88. The predicted molar refractivity (Wildman–Crippen MR) is 87.7 cm³/mol. The third kappa shape index (κ3) is 3.26. The van der Waals surface area contributed by atoms with Crippen LogP contribution in [0.5, 0.6) is 0 Å². The van der Waals surface area contributed by atoms with E-state index in [4.69, 9.17) is 16.2 Å². The number of carbonyl (C=O) groups excluding carboxylic acids is 2. The lowest BCUT2D eigenvalue weighted by Crippen LogP contribution is -2.29. The molecule has 1 aliphatic rings. The normalized spacial score (nSPS) is 15.4. The topological polar surface area (TPSA) is 118 Å². The molecule has 1 aliphatic heterocycles. The molecule has 1 atom stereocenters. The van der Waals surface area contributed by atoms with E-state index in [0.29, 0.717) is 11.1 Å². The van der Waals surface area contributed by atoms with E-state index < -0.39 is 27.2 Å². The first kappa shape index (κ1) is 17.5. The summed E-state index contributed by atoms with van der Waals surface area (Å²) in [6, 6.07) is 7.69. The molecule has 8 nitrogen and oxygen atoms in total. The van der Waals surface area contributed by atoms with Gasteiger partial charge in [-0.15, -0.1) is 0 Å². The lowest BCUT2D eigenvalue weighted by atomic mass is 10.1. The van der Waals surface area contributed by atoms with Gasteiger partial charge in [-0.3, -0.25) is 19.0 Å². The summed E-state index contributed by atoms with van der Waals surface area (Å²) < 4.78 is 31.7. The number of rotatable bonds is 4. The minimum atomic E-state index is -4.38.